The molecule has 0 aromatic heterocycles. The number of fused-ring (bicyclic) bond motifs is 5. The summed E-state index contributed by atoms with van der Waals surface area (Å²) in [6.07, 6.45) is -3.47. The summed E-state index contributed by atoms with van der Waals surface area (Å²) in [5.41, 5.74) is 1.10. The molecule has 13 nitrogen and oxygen atoms in total. The molecule has 3 saturated carbocycles. The molecule has 20 atom stereocenters. The zero-order chi connectivity index (χ0) is 39.4. The number of carbonyl (C=O) groups excluding carboxylic acids is 1. The molecule has 7 N–H and O–H groups in total. The van der Waals surface area contributed by atoms with Gasteiger partial charge in [0, 0.05) is 6.92 Å². The Hall–Kier alpha value is -1.23. The average Bonchev–Trinajstić information content (AvgIpc) is 3.42. The van der Waals surface area contributed by atoms with Crippen LogP contribution >= 0.6 is 0 Å². The first-order valence-corrected chi connectivity index (χ1v) is 20.6. The van der Waals surface area contributed by atoms with Crippen molar-refractivity contribution in [2.24, 2.45) is 46.3 Å². The Morgan fingerprint density at radius 3 is 2.28 bits per heavy atom. The zero-order valence-corrected chi connectivity index (χ0v) is 33.2. The van der Waals surface area contributed by atoms with E-state index in [1.807, 2.05) is 0 Å². The highest BCUT2D eigenvalue weighted by molar-refractivity contribution is 5.66. The van der Waals surface area contributed by atoms with E-state index in [-0.39, 0.29) is 40.8 Å². The normalized spacial score (nSPS) is 49.0. The maximum atomic E-state index is 11.9. The van der Waals surface area contributed by atoms with Gasteiger partial charge in [-0.1, -0.05) is 46.3 Å². The van der Waals surface area contributed by atoms with Crippen molar-refractivity contribution in [1.29, 1.82) is 0 Å². The fourth-order valence-corrected chi connectivity index (χ4v) is 11.8. The summed E-state index contributed by atoms with van der Waals surface area (Å²) in [4.78, 5) is 11.9. The van der Waals surface area contributed by atoms with Crippen LogP contribution in [-0.4, -0.2) is 128 Å². The second-order valence-corrected chi connectivity index (χ2v) is 18.6. The summed E-state index contributed by atoms with van der Waals surface area (Å²) in [7, 11) is 0. The van der Waals surface area contributed by atoms with E-state index in [4.69, 9.17) is 23.7 Å². The first-order valence-electron chi connectivity index (χ1n) is 20.6. The van der Waals surface area contributed by atoms with Crippen LogP contribution in [0, 0.1) is 46.3 Å². The second kappa shape index (κ2) is 16.6. The predicted molar refractivity (Wildman–Crippen MR) is 195 cm³/mol. The number of carbonyl (C=O) groups is 1. The summed E-state index contributed by atoms with van der Waals surface area (Å²) in [5, 5.41) is 74.6. The van der Waals surface area contributed by atoms with Crippen molar-refractivity contribution in [2.75, 3.05) is 6.61 Å². The zero-order valence-electron chi connectivity index (χ0n) is 33.2. The van der Waals surface area contributed by atoms with E-state index in [2.05, 4.69) is 40.7 Å². The van der Waals surface area contributed by atoms with Gasteiger partial charge in [0.2, 0.25) is 0 Å². The minimum absolute atomic E-state index is 0.0309. The van der Waals surface area contributed by atoms with Crippen molar-refractivity contribution in [3.05, 3.63) is 11.6 Å². The van der Waals surface area contributed by atoms with Crippen LogP contribution in [-0.2, 0) is 28.5 Å². The largest absolute Gasteiger partial charge is 0.457 e. The molecular formula is C41H68O13. The maximum Gasteiger partial charge on any atom is 0.303 e. The van der Waals surface area contributed by atoms with Crippen molar-refractivity contribution in [2.45, 2.75) is 186 Å². The molecule has 0 radical (unpaired) electrons. The van der Waals surface area contributed by atoms with Gasteiger partial charge in [-0.15, -0.1) is 0 Å². The van der Waals surface area contributed by atoms with Crippen molar-refractivity contribution >= 4 is 5.97 Å². The lowest BCUT2D eigenvalue weighted by molar-refractivity contribution is -0.313. The lowest BCUT2D eigenvalue weighted by Gasteiger charge is -2.58. The molecule has 310 valence electrons. The molecule has 0 unspecified atom stereocenters. The standard InChI is InChI=1S/C41H68O13/c1-19(2)8-11-28(44)20(3)31-29(53-39-36(49)37(51-22(5)43)32(45)21(4)50-39)17-27-25-10-9-23-16-24(12-14-40(23,6)26(25)13-15-41(27,31)7)52-38-35(48)34(47)33(46)30(18-42)54-38/h9,19-21,24-39,42,44-49H,8,10-18H2,1-7H3/t20-,21+,24+,25-,26+,27+,28+,29+,30-,31+,32+,33-,34+,35-,36-,37-,38-,39+,40+,41+/m1/s1. The molecule has 13 heteroatoms. The van der Waals surface area contributed by atoms with Gasteiger partial charge in [-0.05, 0) is 111 Å². The molecule has 0 aromatic rings. The van der Waals surface area contributed by atoms with Crippen LogP contribution in [0.2, 0.25) is 0 Å². The first-order chi connectivity index (χ1) is 25.4. The third kappa shape index (κ3) is 7.83. The first kappa shape index (κ1) is 42.4. The van der Waals surface area contributed by atoms with E-state index >= 15 is 0 Å². The Morgan fingerprint density at radius 2 is 1.61 bits per heavy atom. The lowest BCUT2D eigenvalue weighted by Crippen LogP contribution is -2.60. The molecule has 4 aliphatic carbocycles. The summed E-state index contributed by atoms with van der Waals surface area (Å²) in [6.45, 7) is 13.6. The number of esters is 1. The number of hydrogen-bond donors (Lipinski definition) is 7. The average molecular weight is 769 g/mol. The molecule has 0 amide bonds. The third-order valence-electron chi connectivity index (χ3n) is 14.9. The number of hydrogen-bond acceptors (Lipinski definition) is 13. The molecule has 2 saturated heterocycles. The van der Waals surface area contributed by atoms with E-state index in [1.54, 1.807) is 6.92 Å². The van der Waals surface area contributed by atoms with E-state index < -0.39 is 80.1 Å². The highest BCUT2D eigenvalue weighted by Crippen LogP contribution is 2.68. The quantitative estimate of drug-likeness (QED) is 0.120. The highest BCUT2D eigenvalue weighted by Gasteiger charge is 2.64. The molecule has 5 fully saturated rings. The molecule has 2 heterocycles. The van der Waals surface area contributed by atoms with Crippen LogP contribution in [0.5, 0.6) is 0 Å². The van der Waals surface area contributed by atoms with Crippen LogP contribution in [0.15, 0.2) is 11.6 Å². The Bertz CT molecular complexity index is 1330. The van der Waals surface area contributed by atoms with E-state index in [0.717, 1.165) is 44.9 Å². The molecular weight excluding hydrogens is 700 g/mol. The second-order valence-electron chi connectivity index (χ2n) is 18.6. The molecule has 0 spiro atoms. The van der Waals surface area contributed by atoms with Crippen LogP contribution in [0.1, 0.15) is 106 Å². The van der Waals surface area contributed by atoms with Gasteiger partial charge >= 0.3 is 5.97 Å². The van der Waals surface area contributed by atoms with Gasteiger partial charge < -0.3 is 59.4 Å². The topological polar surface area (TPSA) is 205 Å². The molecule has 2 aliphatic heterocycles. The summed E-state index contributed by atoms with van der Waals surface area (Å²) < 4.78 is 30.1. The van der Waals surface area contributed by atoms with Gasteiger partial charge in [0.05, 0.1) is 31.0 Å². The Kier molecular flexibility index (Phi) is 13.0. The number of aliphatic hydroxyl groups excluding tert-OH is 7. The van der Waals surface area contributed by atoms with E-state index in [1.165, 1.54) is 12.5 Å². The fourth-order valence-electron chi connectivity index (χ4n) is 11.8. The SMILES string of the molecule is CC(=O)O[C@@H]1[C@@H](O)[C@H](C)O[C@@H](O[C@H]2C[C@H]3[C@@H]4CC=C5C[C@@H](O[C@@H]6O[C@H](CO)[C@@H](O)[C@H](O)[C@H]6O)CC[C@]5(C)[C@H]4CC[C@]3(C)[C@H]2[C@H](C)[C@@H](O)CCC(C)C)[C@@H]1O. The molecule has 54 heavy (non-hydrogen) atoms. The van der Waals surface area contributed by atoms with Gasteiger partial charge in [-0.3, -0.25) is 4.79 Å². The van der Waals surface area contributed by atoms with Crippen LogP contribution in [0.25, 0.3) is 0 Å². The molecule has 0 bridgehead atoms. The third-order valence-corrected chi connectivity index (χ3v) is 14.9. The van der Waals surface area contributed by atoms with Gasteiger partial charge in [-0.25, -0.2) is 0 Å². The van der Waals surface area contributed by atoms with Crippen molar-refractivity contribution in [1.82, 2.24) is 0 Å². The lowest BCUT2D eigenvalue weighted by atomic mass is 9.47. The van der Waals surface area contributed by atoms with Gasteiger partial charge in [-0.2, -0.15) is 0 Å². The maximum absolute atomic E-state index is 11.9. The van der Waals surface area contributed by atoms with Crippen LogP contribution in [0.4, 0.5) is 0 Å². The Morgan fingerprint density at radius 1 is 0.907 bits per heavy atom. The van der Waals surface area contributed by atoms with Crippen molar-refractivity contribution in [3.63, 3.8) is 0 Å². The van der Waals surface area contributed by atoms with Crippen LogP contribution < -0.4 is 0 Å². The summed E-state index contributed by atoms with van der Waals surface area (Å²) in [6, 6.07) is 0. The Balaban J connectivity index is 1.23. The van der Waals surface area contributed by atoms with Gasteiger partial charge in [0.1, 0.15) is 36.6 Å². The molecule has 6 aliphatic rings. The highest BCUT2D eigenvalue weighted by atomic mass is 16.7. The van der Waals surface area contributed by atoms with E-state index in [0.29, 0.717) is 30.6 Å². The van der Waals surface area contributed by atoms with Gasteiger partial charge in [0.15, 0.2) is 18.7 Å². The number of aliphatic hydroxyl groups is 7. The monoisotopic (exact) mass is 768 g/mol. The van der Waals surface area contributed by atoms with E-state index in [9.17, 15) is 40.5 Å². The predicted octanol–water partition coefficient (Wildman–Crippen LogP) is 2.58. The van der Waals surface area contributed by atoms with Crippen molar-refractivity contribution in [3.8, 4) is 0 Å². The number of ether oxygens (including phenoxy) is 5. The number of rotatable bonds is 11. The Labute approximate surface area is 320 Å². The fraction of sp³-hybridized carbons (Fsp3) is 0.927. The van der Waals surface area contributed by atoms with Gasteiger partial charge in [0.25, 0.3) is 0 Å². The van der Waals surface area contributed by atoms with Crippen LogP contribution in [0.3, 0.4) is 0 Å². The van der Waals surface area contributed by atoms with Crippen molar-refractivity contribution < 1.29 is 64.2 Å². The smallest absolute Gasteiger partial charge is 0.303 e. The summed E-state index contributed by atoms with van der Waals surface area (Å²) >= 11 is 0. The number of allylic oxidation sites excluding steroid dienone is 1. The minimum Gasteiger partial charge on any atom is -0.457 e. The minimum atomic E-state index is -1.48. The molecule has 0 aromatic carbocycles. The molecule has 6 rings (SSSR count). The summed E-state index contributed by atoms with van der Waals surface area (Å²) in [5.74, 6) is 0.776.